The number of piperazine rings is 1. The maximum Gasteiger partial charge on any atom is 0.231 e. The van der Waals surface area contributed by atoms with Gasteiger partial charge in [-0.3, -0.25) is 4.79 Å². The Morgan fingerprint density at radius 1 is 1.07 bits per heavy atom. The molecule has 1 aliphatic carbocycles. The molecule has 0 bridgehead atoms. The van der Waals surface area contributed by atoms with Crippen LogP contribution in [0, 0.1) is 5.41 Å². The molecule has 1 amide bonds. The molecule has 1 saturated carbocycles. The van der Waals surface area contributed by atoms with Gasteiger partial charge in [0.25, 0.3) is 0 Å². The van der Waals surface area contributed by atoms with Crippen molar-refractivity contribution in [2.75, 3.05) is 38.1 Å². The van der Waals surface area contributed by atoms with E-state index in [1.807, 2.05) is 30.5 Å². The zero-order valence-corrected chi connectivity index (χ0v) is 17.1. The number of anilines is 1. The van der Waals surface area contributed by atoms with Gasteiger partial charge in [-0.25, -0.2) is 4.98 Å². The molecule has 1 N–H and O–H groups in total. The Labute approximate surface area is 167 Å². The van der Waals surface area contributed by atoms with E-state index >= 15 is 0 Å². The van der Waals surface area contributed by atoms with Gasteiger partial charge in [-0.15, -0.1) is 0 Å². The smallest absolute Gasteiger partial charge is 0.231 e. The molecule has 1 aromatic heterocycles. The van der Waals surface area contributed by atoms with Gasteiger partial charge in [-0.1, -0.05) is 50.2 Å². The average molecular weight is 379 g/mol. The third-order valence-electron chi connectivity index (χ3n) is 6.50. The molecule has 1 aliphatic heterocycles. The zero-order chi connectivity index (χ0) is 19.8. The number of hydrogen-bond donors (Lipinski definition) is 1. The van der Waals surface area contributed by atoms with Crippen molar-refractivity contribution in [3.63, 3.8) is 0 Å². The SMILES string of the molecule is CN1CCN(c2ncccc2CNC(=O)C2(c3ccccc3)CC2(C)C)CC1. The molecule has 2 aromatic rings. The number of carbonyl (C=O) groups excluding carboxylic acids is 1. The highest BCUT2D eigenvalue weighted by molar-refractivity contribution is 5.93. The molecule has 1 atom stereocenters. The monoisotopic (exact) mass is 378 g/mol. The maximum atomic E-state index is 13.3. The Bertz CT molecular complexity index is 843. The standard InChI is InChI=1S/C23H30N4O/c1-22(2)17-23(22,19-9-5-4-6-10-19)21(28)25-16-18-8-7-11-24-20(18)27-14-12-26(3)13-15-27/h4-11H,12-17H2,1-3H3,(H,25,28). The molecule has 2 aliphatic rings. The Kier molecular flexibility index (Phi) is 4.88. The molecule has 0 radical (unpaired) electrons. The van der Waals surface area contributed by atoms with Crippen molar-refractivity contribution in [3.8, 4) is 0 Å². The van der Waals surface area contributed by atoms with Crippen LogP contribution >= 0.6 is 0 Å². The summed E-state index contributed by atoms with van der Waals surface area (Å²) in [5.41, 5.74) is 1.75. The van der Waals surface area contributed by atoms with Crippen LogP contribution in [-0.2, 0) is 16.8 Å². The summed E-state index contributed by atoms with van der Waals surface area (Å²) in [7, 11) is 2.15. The number of rotatable bonds is 5. The molecule has 5 nitrogen and oxygen atoms in total. The van der Waals surface area contributed by atoms with Crippen LogP contribution in [0.5, 0.6) is 0 Å². The number of hydrogen-bond acceptors (Lipinski definition) is 4. The predicted octanol–water partition coefficient (Wildman–Crippen LogP) is 2.82. The van der Waals surface area contributed by atoms with E-state index in [0.29, 0.717) is 6.54 Å². The summed E-state index contributed by atoms with van der Waals surface area (Å²) < 4.78 is 0. The lowest BCUT2D eigenvalue weighted by atomic mass is 9.87. The first kappa shape index (κ1) is 18.9. The van der Waals surface area contributed by atoms with Crippen molar-refractivity contribution in [1.29, 1.82) is 0 Å². The van der Waals surface area contributed by atoms with Gasteiger partial charge in [0.1, 0.15) is 5.82 Å². The molecule has 28 heavy (non-hydrogen) atoms. The number of amides is 1. The molecule has 5 heteroatoms. The number of nitrogens with one attached hydrogen (secondary N) is 1. The van der Waals surface area contributed by atoms with Crippen LogP contribution in [0.2, 0.25) is 0 Å². The van der Waals surface area contributed by atoms with Gasteiger partial charge in [0.2, 0.25) is 5.91 Å². The highest BCUT2D eigenvalue weighted by Gasteiger charge is 2.66. The van der Waals surface area contributed by atoms with Crippen molar-refractivity contribution < 1.29 is 4.79 Å². The predicted molar refractivity (Wildman–Crippen MR) is 112 cm³/mol. The van der Waals surface area contributed by atoms with E-state index in [9.17, 15) is 4.79 Å². The molecule has 1 aromatic carbocycles. The van der Waals surface area contributed by atoms with Gasteiger partial charge in [0.05, 0.1) is 5.41 Å². The highest BCUT2D eigenvalue weighted by Crippen LogP contribution is 2.64. The summed E-state index contributed by atoms with van der Waals surface area (Å²) in [5.74, 6) is 1.12. The van der Waals surface area contributed by atoms with Gasteiger partial charge >= 0.3 is 0 Å². The van der Waals surface area contributed by atoms with Crippen molar-refractivity contribution >= 4 is 11.7 Å². The van der Waals surface area contributed by atoms with Crippen molar-refractivity contribution in [1.82, 2.24) is 15.2 Å². The van der Waals surface area contributed by atoms with Gasteiger partial charge in [-0.2, -0.15) is 0 Å². The average Bonchev–Trinajstić information content (AvgIpc) is 3.31. The molecule has 4 rings (SSSR count). The van der Waals surface area contributed by atoms with Crippen LogP contribution in [0.1, 0.15) is 31.4 Å². The summed E-state index contributed by atoms with van der Waals surface area (Å²) in [4.78, 5) is 22.6. The Balaban J connectivity index is 1.50. The fraction of sp³-hybridized carbons (Fsp3) is 0.478. The lowest BCUT2D eigenvalue weighted by molar-refractivity contribution is -0.124. The lowest BCUT2D eigenvalue weighted by Crippen LogP contribution is -2.45. The third-order valence-corrected chi connectivity index (χ3v) is 6.50. The highest BCUT2D eigenvalue weighted by atomic mass is 16.2. The first-order valence-electron chi connectivity index (χ1n) is 10.2. The fourth-order valence-corrected chi connectivity index (χ4v) is 4.55. The van der Waals surface area contributed by atoms with Crippen LogP contribution in [0.25, 0.3) is 0 Å². The van der Waals surface area contributed by atoms with Crippen molar-refractivity contribution in [2.45, 2.75) is 32.2 Å². The normalized spacial score (nSPS) is 24.0. The quantitative estimate of drug-likeness (QED) is 0.869. The van der Waals surface area contributed by atoms with Crippen molar-refractivity contribution in [2.24, 2.45) is 5.41 Å². The topological polar surface area (TPSA) is 48.5 Å². The Morgan fingerprint density at radius 3 is 2.39 bits per heavy atom. The number of benzene rings is 1. The van der Waals surface area contributed by atoms with Crippen LogP contribution in [0.3, 0.4) is 0 Å². The second kappa shape index (κ2) is 7.21. The molecular weight excluding hydrogens is 348 g/mol. The molecule has 2 heterocycles. The lowest BCUT2D eigenvalue weighted by Gasteiger charge is -2.34. The van der Waals surface area contributed by atoms with Crippen LogP contribution in [0.15, 0.2) is 48.7 Å². The van der Waals surface area contributed by atoms with E-state index in [2.05, 4.69) is 59.2 Å². The molecule has 2 fully saturated rings. The number of carbonyl (C=O) groups is 1. The summed E-state index contributed by atoms with van der Waals surface area (Å²) in [6.07, 6.45) is 2.72. The van der Waals surface area contributed by atoms with Gasteiger partial charge in [0.15, 0.2) is 0 Å². The van der Waals surface area contributed by atoms with E-state index in [-0.39, 0.29) is 11.3 Å². The van der Waals surface area contributed by atoms with E-state index in [4.69, 9.17) is 0 Å². The van der Waals surface area contributed by atoms with Crippen molar-refractivity contribution in [3.05, 3.63) is 59.8 Å². The minimum absolute atomic E-state index is 0.0202. The fourth-order valence-electron chi connectivity index (χ4n) is 4.55. The number of pyridine rings is 1. The van der Waals surface area contributed by atoms with Crippen LogP contribution in [-0.4, -0.2) is 49.0 Å². The number of aromatic nitrogens is 1. The first-order chi connectivity index (χ1) is 13.4. The molecular formula is C23H30N4O. The summed E-state index contributed by atoms with van der Waals surface area (Å²) >= 11 is 0. The maximum absolute atomic E-state index is 13.3. The third kappa shape index (κ3) is 3.28. The molecule has 1 unspecified atom stereocenters. The van der Waals surface area contributed by atoms with Gasteiger partial charge in [-0.05, 0) is 30.5 Å². The molecule has 1 saturated heterocycles. The van der Waals surface area contributed by atoms with Gasteiger partial charge < -0.3 is 15.1 Å². The minimum atomic E-state index is -0.426. The van der Waals surface area contributed by atoms with E-state index in [1.165, 1.54) is 0 Å². The van der Waals surface area contributed by atoms with E-state index in [1.54, 1.807) is 0 Å². The number of nitrogens with zero attached hydrogens (tertiary/aromatic N) is 3. The summed E-state index contributed by atoms with van der Waals surface area (Å²) in [6, 6.07) is 14.2. The second-order valence-corrected chi connectivity index (χ2v) is 8.79. The number of likely N-dealkylation sites (N-methyl/N-ethyl adjacent to an activating group) is 1. The van der Waals surface area contributed by atoms with Gasteiger partial charge in [0, 0.05) is 44.5 Å². The summed E-state index contributed by atoms with van der Waals surface area (Å²) in [6.45, 7) is 8.88. The largest absolute Gasteiger partial charge is 0.354 e. The first-order valence-corrected chi connectivity index (χ1v) is 10.2. The summed E-state index contributed by atoms with van der Waals surface area (Å²) in [5, 5.41) is 3.23. The Morgan fingerprint density at radius 2 is 1.75 bits per heavy atom. The van der Waals surface area contributed by atoms with E-state index < -0.39 is 5.41 Å². The second-order valence-electron chi connectivity index (χ2n) is 8.79. The molecule has 0 spiro atoms. The molecule has 148 valence electrons. The zero-order valence-electron chi connectivity index (χ0n) is 17.1. The van der Waals surface area contributed by atoms with Crippen LogP contribution in [0.4, 0.5) is 5.82 Å². The van der Waals surface area contributed by atoms with E-state index in [0.717, 1.165) is 49.5 Å². The van der Waals surface area contributed by atoms with Crippen LogP contribution < -0.4 is 10.2 Å². The minimum Gasteiger partial charge on any atom is -0.354 e. The Hall–Kier alpha value is -2.40.